The Kier molecular flexibility index (Phi) is 15.9. The van der Waals surface area contributed by atoms with Gasteiger partial charge in [-0.15, -0.1) is 0 Å². The third-order valence-corrected chi connectivity index (χ3v) is 2.44. The van der Waals surface area contributed by atoms with Crippen LogP contribution in [0.4, 0.5) is 0 Å². The fraction of sp³-hybridized carbons (Fsp3) is 0.800. The lowest BCUT2D eigenvalue weighted by Crippen LogP contribution is -2.37. The van der Waals surface area contributed by atoms with Gasteiger partial charge in [-0.2, -0.15) is 5.53 Å². The summed E-state index contributed by atoms with van der Waals surface area (Å²) < 4.78 is 0. The van der Waals surface area contributed by atoms with E-state index in [1.807, 2.05) is 27.7 Å². The Balaban J connectivity index is 0. The summed E-state index contributed by atoms with van der Waals surface area (Å²) in [5.41, 5.74) is 9.82. The van der Waals surface area contributed by atoms with Crippen LogP contribution in [-0.2, 0) is 4.79 Å². The molecule has 0 saturated carbocycles. The van der Waals surface area contributed by atoms with Crippen molar-refractivity contribution >= 4 is 5.91 Å². The van der Waals surface area contributed by atoms with Crippen molar-refractivity contribution in [3.8, 4) is 0 Å². The number of amides is 1. The van der Waals surface area contributed by atoms with Crippen LogP contribution in [0.25, 0.3) is 0 Å². The minimum absolute atomic E-state index is 0.102. The second-order valence-corrected chi connectivity index (χ2v) is 4.51. The van der Waals surface area contributed by atoms with E-state index in [2.05, 4.69) is 35.6 Å². The largest absolute Gasteiger partial charge is 0.396 e. The zero-order valence-corrected chi connectivity index (χ0v) is 14.5. The molecule has 0 aliphatic carbocycles. The van der Waals surface area contributed by atoms with Gasteiger partial charge in [0.25, 0.3) is 5.91 Å². The maximum atomic E-state index is 11.8. The first kappa shape index (κ1) is 22.0. The number of aliphatic hydroxyl groups excluding tert-OH is 1. The van der Waals surface area contributed by atoms with Gasteiger partial charge in [0.1, 0.15) is 5.70 Å². The van der Waals surface area contributed by atoms with Crippen molar-refractivity contribution in [2.45, 2.75) is 60.8 Å². The Hall–Kier alpha value is -1.27. The minimum Gasteiger partial charge on any atom is -0.396 e. The molecule has 0 atom stereocenters. The number of aliphatic hydroxyl groups is 1. The van der Waals surface area contributed by atoms with Crippen LogP contribution in [0.5, 0.6) is 0 Å². The lowest BCUT2D eigenvalue weighted by atomic mass is 10.1. The van der Waals surface area contributed by atoms with E-state index in [0.717, 1.165) is 25.0 Å². The van der Waals surface area contributed by atoms with E-state index in [0.29, 0.717) is 18.2 Å². The molecule has 0 fully saturated rings. The molecule has 126 valence electrons. The van der Waals surface area contributed by atoms with Crippen LogP contribution in [0.1, 0.15) is 60.8 Å². The topological polar surface area (TPSA) is 85.4 Å². The average Bonchev–Trinajstić information content (AvgIpc) is 2.98. The highest BCUT2D eigenvalue weighted by Crippen LogP contribution is 2.10. The number of carbonyl (C=O) groups is 1. The van der Waals surface area contributed by atoms with Crippen molar-refractivity contribution in [1.29, 1.82) is 0 Å². The van der Waals surface area contributed by atoms with Gasteiger partial charge in [-0.25, -0.2) is 0 Å². The summed E-state index contributed by atoms with van der Waals surface area (Å²) in [6.45, 7) is 12.9. The minimum atomic E-state index is -0.102. The highest BCUT2D eigenvalue weighted by molar-refractivity contribution is 5.93. The molecule has 6 heteroatoms. The smallest absolute Gasteiger partial charge is 0.270 e. The van der Waals surface area contributed by atoms with Crippen molar-refractivity contribution in [3.63, 3.8) is 0 Å². The Morgan fingerprint density at radius 3 is 2.29 bits per heavy atom. The molecule has 6 nitrogen and oxygen atoms in total. The van der Waals surface area contributed by atoms with Gasteiger partial charge in [-0.3, -0.25) is 10.2 Å². The molecule has 1 aliphatic heterocycles. The van der Waals surface area contributed by atoms with Crippen LogP contribution < -0.4 is 21.7 Å². The SMILES string of the molecule is CC.CC.CC(C)CNC(=O)C1=C(CCCCO)NNN1. The van der Waals surface area contributed by atoms with Gasteiger partial charge in [0.15, 0.2) is 0 Å². The summed E-state index contributed by atoms with van der Waals surface area (Å²) in [6, 6.07) is 0. The number of allylic oxidation sites excluding steroid dienone is 1. The van der Waals surface area contributed by atoms with E-state index in [1.165, 1.54) is 0 Å². The monoisotopic (exact) mass is 302 g/mol. The molecular formula is C15H34N4O2. The van der Waals surface area contributed by atoms with Gasteiger partial charge in [0, 0.05) is 13.2 Å². The fourth-order valence-electron chi connectivity index (χ4n) is 1.49. The predicted octanol–water partition coefficient (Wildman–Crippen LogP) is 1.80. The molecule has 0 radical (unpaired) electrons. The zero-order valence-electron chi connectivity index (χ0n) is 14.5. The van der Waals surface area contributed by atoms with Crippen molar-refractivity contribution in [2.75, 3.05) is 13.2 Å². The van der Waals surface area contributed by atoms with E-state index in [9.17, 15) is 4.79 Å². The fourth-order valence-corrected chi connectivity index (χ4v) is 1.49. The molecule has 0 spiro atoms. The molecule has 1 amide bonds. The predicted molar refractivity (Wildman–Crippen MR) is 87.9 cm³/mol. The van der Waals surface area contributed by atoms with Crippen LogP contribution in [0.2, 0.25) is 0 Å². The summed E-state index contributed by atoms with van der Waals surface area (Å²) >= 11 is 0. The molecule has 1 aliphatic rings. The Bertz CT molecular complexity index is 291. The highest BCUT2D eigenvalue weighted by atomic mass is 16.2. The molecule has 21 heavy (non-hydrogen) atoms. The molecule has 0 unspecified atom stereocenters. The van der Waals surface area contributed by atoms with Gasteiger partial charge >= 0.3 is 0 Å². The number of unbranched alkanes of at least 4 members (excludes halogenated alkanes) is 1. The van der Waals surface area contributed by atoms with Gasteiger partial charge in [-0.05, 0) is 25.2 Å². The van der Waals surface area contributed by atoms with Crippen molar-refractivity contribution in [1.82, 2.24) is 21.7 Å². The Morgan fingerprint density at radius 1 is 1.14 bits per heavy atom. The second-order valence-electron chi connectivity index (χ2n) is 4.51. The van der Waals surface area contributed by atoms with Gasteiger partial charge in [-0.1, -0.05) is 41.5 Å². The zero-order chi connectivity index (χ0) is 16.7. The van der Waals surface area contributed by atoms with Crippen molar-refractivity contribution < 1.29 is 9.90 Å². The third-order valence-electron chi connectivity index (χ3n) is 2.44. The first-order valence-electron chi connectivity index (χ1n) is 8.04. The summed E-state index contributed by atoms with van der Waals surface area (Å²) in [4.78, 5) is 11.8. The van der Waals surface area contributed by atoms with E-state index in [-0.39, 0.29) is 12.5 Å². The van der Waals surface area contributed by atoms with Crippen LogP contribution in [0.15, 0.2) is 11.4 Å². The number of hydrazine groups is 2. The second kappa shape index (κ2) is 15.1. The van der Waals surface area contributed by atoms with E-state index < -0.39 is 0 Å². The molecule has 1 heterocycles. The first-order valence-corrected chi connectivity index (χ1v) is 8.04. The normalized spacial score (nSPS) is 12.6. The summed E-state index contributed by atoms with van der Waals surface area (Å²) in [7, 11) is 0. The molecule has 5 N–H and O–H groups in total. The lowest BCUT2D eigenvalue weighted by molar-refractivity contribution is -0.118. The van der Waals surface area contributed by atoms with Crippen LogP contribution in [-0.4, -0.2) is 24.2 Å². The molecule has 0 saturated heterocycles. The van der Waals surface area contributed by atoms with Gasteiger partial charge in [0.05, 0.1) is 5.70 Å². The number of hydrogen-bond acceptors (Lipinski definition) is 5. The number of nitrogens with one attached hydrogen (secondary N) is 4. The van der Waals surface area contributed by atoms with Crippen LogP contribution >= 0.6 is 0 Å². The Labute approximate surface area is 129 Å². The maximum absolute atomic E-state index is 11.8. The summed E-state index contributed by atoms with van der Waals surface area (Å²) in [5.74, 6) is 0.329. The number of rotatable bonds is 7. The standard InChI is InChI=1S/C11H22N4O2.2C2H6/c1-8(2)7-12-11(17)10-9(13-15-14-10)5-3-4-6-16;2*1-2/h8,13-16H,3-7H2,1-2H3,(H,12,17);2*1-2H3. The lowest BCUT2D eigenvalue weighted by Gasteiger charge is -2.09. The highest BCUT2D eigenvalue weighted by Gasteiger charge is 2.19. The Morgan fingerprint density at radius 2 is 1.76 bits per heavy atom. The van der Waals surface area contributed by atoms with Crippen LogP contribution in [0.3, 0.4) is 0 Å². The van der Waals surface area contributed by atoms with E-state index in [1.54, 1.807) is 0 Å². The molecule has 0 aromatic heterocycles. The van der Waals surface area contributed by atoms with Gasteiger partial charge in [0.2, 0.25) is 0 Å². The quantitative estimate of drug-likeness (QED) is 0.463. The first-order chi connectivity index (χ1) is 10.1. The van der Waals surface area contributed by atoms with Gasteiger partial charge < -0.3 is 15.8 Å². The summed E-state index contributed by atoms with van der Waals surface area (Å²) in [5, 5.41) is 11.6. The van der Waals surface area contributed by atoms with E-state index >= 15 is 0 Å². The maximum Gasteiger partial charge on any atom is 0.270 e. The number of carbonyl (C=O) groups excluding carboxylic acids is 1. The van der Waals surface area contributed by atoms with Crippen LogP contribution in [0, 0.1) is 5.92 Å². The van der Waals surface area contributed by atoms with Crippen molar-refractivity contribution in [3.05, 3.63) is 11.4 Å². The molecule has 0 aromatic rings. The average molecular weight is 302 g/mol. The number of hydrogen-bond donors (Lipinski definition) is 5. The molecule has 1 rings (SSSR count). The molecule has 0 bridgehead atoms. The molecule has 0 aromatic carbocycles. The van der Waals surface area contributed by atoms with E-state index in [4.69, 9.17) is 5.11 Å². The molecular weight excluding hydrogens is 268 g/mol. The van der Waals surface area contributed by atoms with Crippen molar-refractivity contribution in [2.24, 2.45) is 5.92 Å². The summed E-state index contributed by atoms with van der Waals surface area (Å²) in [6.07, 6.45) is 2.33. The third kappa shape index (κ3) is 10.1.